The van der Waals surface area contributed by atoms with E-state index in [1.54, 1.807) is 11.6 Å². The third-order valence-corrected chi connectivity index (χ3v) is 2.17. The smallest absolute Gasteiger partial charge is 0.134 e. The van der Waals surface area contributed by atoms with Gasteiger partial charge in [0, 0.05) is 13.5 Å². The van der Waals surface area contributed by atoms with Crippen LogP contribution in [-0.4, -0.2) is 20.8 Å². The summed E-state index contributed by atoms with van der Waals surface area (Å²) in [5.74, 6) is 0.142. The number of rotatable bonds is 2. The number of carbonyl (C=O) groups is 1. The van der Waals surface area contributed by atoms with Gasteiger partial charge < -0.3 is 0 Å². The van der Waals surface area contributed by atoms with Crippen molar-refractivity contribution in [2.24, 2.45) is 7.05 Å². The SMILES string of the molecule is CC(=O)Cc1cccc2c1nnn2C. The Hall–Kier alpha value is -1.71. The second-order valence-electron chi connectivity index (χ2n) is 3.38. The molecule has 14 heavy (non-hydrogen) atoms. The number of Topliss-reactive ketones (excluding diaryl/α,β-unsaturated/α-hetero) is 1. The first-order valence-electron chi connectivity index (χ1n) is 4.45. The van der Waals surface area contributed by atoms with E-state index in [2.05, 4.69) is 10.3 Å². The predicted molar refractivity (Wildman–Crippen MR) is 52.9 cm³/mol. The lowest BCUT2D eigenvalue weighted by molar-refractivity contribution is -0.116. The number of hydrogen-bond donors (Lipinski definition) is 0. The number of carbonyl (C=O) groups excluding carboxylic acids is 1. The first-order valence-corrected chi connectivity index (χ1v) is 4.45. The molecule has 2 aromatic rings. The summed E-state index contributed by atoms with van der Waals surface area (Å²) in [5.41, 5.74) is 2.73. The summed E-state index contributed by atoms with van der Waals surface area (Å²) in [7, 11) is 1.84. The van der Waals surface area contributed by atoms with E-state index in [0.29, 0.717) is 6.42 Å². The summed E-state index contributed by atoms with van der Waals surface area (Å²) in [6.07, 6.45) is 0.427. The third kappa shape index (κ3) is 1.39. The minimum absolute atomic E-state index is 0.142. The molecule has 1 heterocycles. The predicted octanol–water partition coefficient (Wildman–Crippen LogP) is 1.10. The molecule has 0 unspecified atom stereocenters. The molecule has 72 valence electrons. The van der Waals surface area contributed by atoms with E-state index in [1.165, 1.54) is 0 Å². The molecule has 0 bridgehead atoms. The molecular formula is C10H11N3O. The van der Waals surface area contributed by atoms with Gasteiger partial charge in [-0.05, 0) is 18.6 Å². The largest absolute Gasteiger partial charge is 0.300 e. The van der Waals surface area contributed by atoms with E-state index in [-0.39, 0.29) is 5.78 Å². The average Bonchev–Trinajstić information content (AvgIpc) is 2.49. The summed E-state index contributed by atoms with van der Waals surface area (Å²) < 4.78 is 1.71. The van der Waals surface area contributed by atoms with Gasteiger partial charge in [-0.1, -0.05) is 17.3 Å². The van der Waals surface area contributed by atoms with E-state index in [0.717, 1.165) is 16.6 Å². The molecule has 0 aliphatic carbocycles. The maximum atomic E-state index is 11.0. The van der Waals surface area contributed by atoms with Crippen LogP contribution in [0.1, 0.15) is 12.5 Å². The first kappa shape index (κ1) is 8.87. The molecule has 0 atom stereocenters. The fraction of sp³-hybridized carbons (Fsp3) is 0.300. The molecular weight excluding hydrogens is 178 g/mol. The zero-order valence-electron chi connectivity index (χ0n) is 8.19. The van der Waals surface area contributed by atoms with Crippen molar-refractivity contribution in [1.29, 1.82) is 0 Å². The van der Waals surface area contributed by atoms with Crippen LogP contribution < -0.4 is 0 Å². The molecule has 2 rings (SSSR count). The Morgan fingerprint density at radius 3 is 3.00 bits per heavy atom. The summed E-state index contributed by atoms with van der Waals surface area (Å²) in [6, 6.07) is 5.78. The van der Waals surface area contributed by atoms with Gasteiger partial charge in [0.05, 0.1) is 5.52 Å². The number of ketones is 1. The Kier molecular flexibility index (Phi) is 2.04. The van der Waals surface area contributed by atoms with E-state index < -0.39 is 0 Å². The van der Waals surface area contributed by atoms with Gasteiger partial charge in [-0.15, -0.1) is 5.10 Å². The highest BCUT2D eigenvalue weighted by molar-refractivity contribution is 5.85. The quantitative estimate of drug-likeness (QED) is 0.710. The van der Waals surface area contributed by atoms with Gasteiger partial charge >= 0.3 is 0 Å². The molecule has 0 N–H and O–H groups in total. The number of benzene rings is 1. The number of hydrogen-bond acceptors (Lipinski definition) is 3. The van der Waals surface area contributed by atoms with Crippen molar-refractivity contribution in [1.82, 2.24) is 15.0 Å². The van der Waals surface area contributed by atoms with Crippen LogP contribution in [0.25, 0.3) is 11.0 Å². The van der Waals surface area contributed by atoms with Crippen LogP contribution in [-0.2, 0) is 18.3 Å². The molecule has 0 radical (unpaired) electrons. The number of nitrogens with zero attached hydrogens (tertiary/aromatic N) is 3. The second-order valence-corrected chi connectivity index (χ2v) is 3.38. The lowest BCUT2D eigenvalue weighted by Gasteiger charge is -1.98. The van der Waals surface area contributed by atoms with E-state index in [9.17, 15) is 4.79 Å². The molecule has 4 nitrogen and oxygen atoms in total. The van der Waals surface area contributed by atoms with Crippen LogP contribution in [0.5, 0.6) is 0 Å². The summed E-state index contributed by atoms with van der Waals surface area (Å²) in [6.45, 7) is 1.58. The maximum absolute atomic E-state index is 11.0. The standard InChI is InChI=1S/C10H11N3O/c1-7(14)6-8-4-3-5-9-10(8)11-12-13(9)2/h3-5H,6H2,1-2H3. The second kappa shape index (κ2) is 3.21. The minimum Gasteiger partial charge on any atom is -0.300 e. The Bertz CT molecular complexity index is 487. The van der Waals surface area contributed by atoms with Crippen LogP contribution in [0.2, 0.25) is 0 Å². The fourth-order valence-electron chi connectivity index (χ4n) is 1.53. The number of aryl methyl sites for hydroxylation is 1. The molecule has 0 saturated carbocycles. The van der Waals surface area contributed by atoms with E-state index in [4.69, 9.17) is 0 Å². The normalized spacial score (nSPS) is 10.7. The van der Waals surface area contributed by atoms with Gasteiger partial charge in [-0.3, -0.25) is 4.79 Å². The Balaban J connectivity index is 2.59. The fourth-order valence-corrected chi connectivity index (χ4v) is 1.53. The zero-order valence-corrected chi connectivity index (χ0v) is 8.19. The Morgan fingerprint density at radius 2 is 2.29 bits per heavy atom. The summed E-state index contributed by atoms with van der Waals surface area (Å²) in [5, 5.41) is 7.95. The van der Waals surface area contributed by atoms with Crippen LogP contribution >= 0.6 is 0 Å². The monoisotopic (exact) mass is 189 g/mol. The van der Waals surface area contributed by atoms with E-state index in [1.807, 2.05) is 25.2 Å². The molecule has 0 aliphatic rings. The minimum atomic E-state index is 0.142. The van der Waals surface area contributed by atoms with Crippen LogP contribution in [0.3, 0.4) is 0 Å². The lowest BCUT2D eigenvalue weighted by Crippen LogP contribution is -1.97. The van der Waals surface area contributed by atoms with E-state index >= 15 is 0 Å². The highest BCUT2D eigenvalue weighted by atomic mass is 16.1. The van der Waals surface area contributed by atoms with Crippen molar-refractivity contribution in [3.05, 3.63) is 23.8 Å². The van der Waals surface area contributed by atoms with Crippen LogP contribution in [0, 0.1) is 0 Å². The maximum Gasteiger partial charge on any atom is 0.134 e. The average molecular weight is 189 g/mol. The molecule has 1 aromatic heterocycles. The van der Waals surface area contributed by atoms with Crippen molar-refractivity contribution >= 4 is 16.8 Å². The molecule has 0 spiro atoms. The lowest BCUT2D eigenvalue weighted by atomic mass is 10.1. The number of fused-ring (bicyclic) bond motifs is 1. The topological polar surface area (TPSA) is 47.8 Å². The molecule has 0 amide bonds. The number of aromatic nitrogens is 3. The van der Waals surface area contributed by atoms with Gasteiger partial charge in [0.2, 0.25) is 0 Å². The molecule has 4 heteroatoms. The van der Waals surface area contributed by atoms with Crippen molar-refractivity contribution < 1.29 is 4.79 Å². The molecule has 0 aliphatic heterocycles. The molecule has 1 aromatic carbocycles. The van der Waals surface area contributed by atoms with Gasteiger partial charge in [-0.2, -0.15) is 0 Å². The summed E-state index contributed by atoms with van der Waals surface area (Å²) >= 11 is 0. The van der Waals surface area contributed by atoms with Crippen molar-refractivity contribution in [2.45, 2.75) is 13.3 Å². The summed E-state index contributed by atoms with van der Waals surface area (Å²) in [4.78, 5) is 11.0. The van der Waals surface area contributed by atoms with Crippen LogP contribution in [0.4, 0.5) is 0 Å². The van der Waals surface area contributed by atoms with Gasteiger partial charge in [0.15, 0.2) is 0 Å². The first-order chi connectivity index (χ1) is 6.68. The van der Waals surface area contributed by atoms with Crippen molar-refractivity contribution in [3.63, 3.8) is 0 Å². The van der Waals surface area contributed by atoms with Gasteiger partial charge in [0.25, 0.3) is 0 Å². The highest BCUT2D eigenvalue weighted by Crippen LogP contribution is 2.15. The zero-order chi connectivity index (χ0) is 10.1. The molecule has 0 fully saturated rings. The van der Waals surface area contributed by atoms with Crippen molar-refractivity contribution in [2.75, 3.05) is 0 Å². The van der Waals surface area contributed by atoms with Gasteiger partial charge in [0.1, 0.15) is 11.3 Å². The third-order valence-electron chi connectivity index (χ3n) is 2.17. The van der Waals surface area contributed by atoms with Crippen molar-refractivity contribution in [3.8, 4) is 0 Å². The Labute approximate surface area is 81.5 Å². The highest BCUT2D eigenvalue weighted by Gasteiger charge is 2.07. The Morgan fingerprint density at radius 1 is 1.50 bits per heavy atom. The van der Waals surface area contributed by atoms with Gasteiger partial charge in [-0.25, -0.2) is 4.68 Å². The van der Waals surface area contributed by atoms with Crippen LogP contribution in [0.15, 0.2) is 18.2 Å². The molecule has 0 saturated heterocycles.